The fraction of sp³-hybridized carbons (Fsp3) is 0.736. The Hall–Kier alpha value is -7.92. The number of hydrogen-bond acceptors (Lipinski definition) is 18. The van der Waals surface area contributed by atoms with Crippen LogP contribution in [0.25, 0.3) is 0 Å². The SMILES string of the molecule is CCCC(C)(CCC)CNC(=O)c1cc(CC)on1.CCCC(C)(CCC)CNC(=O)c1noc(CC)c1C.CCCC(CC)(CC)CNC(=O)c1cc(CC)on1.CCCC(CC)(CC)CNC(=O)c1noc(CC)c1C.CCCCC(C)(C)CNC(=O)c1cc(CC)on1.CCCCC(C)(C)CNC(=O)c1noc(CC)c1C. The van der Waals surface area contributed by atoms with Crippen molar-refractivity contribution in [3.63, 3.8) is 0 Å². The molecule has 6 N–H and O–H groups in total. The van der Waals surface area contributed by atoms with Gasteiger partial charge >= 0.3 is 0 Å². The van der Waals surface area contributed by atoms with Crippen molar-refractivity contribution in [3.8, 4) is 0 Å². The van der Waals surface area contributed by atoms with E-state index in [1.807, 2.05) is 62.3 Å². The molecule has 6 heterocycles. The van der Waals surface area contributed by atoms with Crippen LogP contribution in [0.15, 0.2) is 45.3 Å². The maximum absolute atomic E-state index is 12.2. The number of carbonyl (C=O) groups is 6. The molecule has 6 amide bonds. The van der Waals surface area contributed by atoms with Crippen molar-refractivity contribution in [2.24, 2.45) is 32.5 Å². The van der Waals surface area contributed by atoms with Crippen molar-refractivity contribution >= 4 is 35.4 Å². The largest absolute Gasteiger partial charge is 0.361 e. The summed E-state index contributed by atoms with van der Waals surface area (Å²) in [6.45, 7) is 61.1. The zero-order valence-corrected chi connectivity index (χ0v) is 76.9. The molecule has 6 aromatic rings. The second kappa shape index (κ2) is 54.9. The van der Waals surface area contributed by atoms with Crippen LogP contribution in [0.4, 0.5) is 0 Å². The molecule has 654 valence electrons. The lowest BCUT2D eigenvalue weighted by Crippen LogP contribution is -2.37. The number of nitrogens with one attached hydrogen (secondary N) is 6. The lowest BCUT2D eigenvalue weighted by molar-refractivity contribution is 0.0904. The van der Waals surface area contributed by atoms with Gasteiger partial charge in [0.25, 0.3) is 35.4 Å². The summed E-state index contributed by atoms with van der Waals surface area (Å²) in [5.41, 5.74) is 6.00. The topological polar surface area (TPSA) is 331 Å². The van der Waals surface area contributed by atoms with Gasteiger partial charge < -0.3 is 59.0 Å². The van der Waals surface area contributed by atoms with Crippen LogP contribution in [-0.4, -0.2) is 106 Å². The van der Waals surface area contributed by atoms with Gasteiger partial charge in [-0.25, -0.2) is 0 Å². The van der Waals surface area contributed by atoms with E-state index in [4.69, 9.17) is 27.1 Å². The smallest absolute Gasteiger partial charge is 0.273 e. The maximum Gasteiger partial charge on any atom is 0.273 e. The van der Waals surface area contributed by atoms with Crippen molar-refractivity contribution in [2.75, 3.05) is 39.3 Å². The highest BCUT2D eigenvalue weighted by Crippen LogP contribution is 2.34. The van der Waals surface area contributed by atoms with Crippen molar-refractivity contribution < 1.29 is 55.9 Å². The van der Waals surface area contributed by atoms with Gasteiger partial charge in [-0.2, -0.15) is 0 Å². The van der Waals surface area contributed by atoms with Crippen molar-refractivity contribution in [3.05, 3.63) is 104 Å². The molecule has 24 nitrogen and oxygen atoms in total. The molecular formula is C91H158N12O12. The second-order valence-electron chi connectivity index (χ2n) is 33.6. The monoisotopic (exact) mass is 1610 g/mol. The van der Waals surface area contributed by atoms with Gasteiger partial charge in [0.15, 0.2) is 34.2 Å². The summed E-state index contributed by atoms with van der Waals surface area (Å²) in [4.78, 5) is 72.4. The van der Waals surface area contributed by atoms with Crippen LogP contribution in [0.1, 0.15) is 422 Å². The fourth-order valence-electron chi connectivity index (χ4n) is 14.2. The Balaban J connectivity index is 0.000000690. The number of amides is 6. The Morgan fingerprint density at radius 1 is 0.287 bits per heavy atom. The van der Waals surface area contributed by atoms with E-state index in [1.165, 1.54) is 25.7 Å². The molecular weight excluding hydrogens is 1450 g/mol. The summed E-state index contributed by atoms with van der Waals surface area (Å²) >= 11 is 0. The minimum atomic E-state index is -0.150. The van der Waals surface area contributed by atoms with E-state index in [0.717, 1.165) is 205 Å². The average molecular weight is 1610 g/mol. The van der Waals surface area contributed by atoms with E-state index in [9.17, 15) is 28.8 Å². The molecule has 0 spiro atoms. The van der Waals surface area contributed by atoms with E-state index in [0.29, 0.717) is 73.4 Å². The van der Waals surface area contributed by atoms with E-state index >= 15 is 0 Å². The summed E-state index contributed by atoms with van der Waals surface area (Å²) < 4.78 is 30.6. The Morgan fingerprint density at radius 2 is 0.530 bits per heavy atom. The van der Waals surface area contributed by atoms with Gasteiger partial charge in [0.1, 0.15) is 34.6 Å². The molecule has 6 aromatic heterocycles. The van der Waals surface area contributed by atoms with Crippen LogP contribution in [0, 0.1) is 53.3 Å². The Bertz CT molecular complexity index is 3680. The average Bonchev–Trinajstić information content (AvgIpc) is 1.71. The zero-order chi connectivity index (χ0) is 87.0. The number of hydrogen-bond donors (Lipinski definition) is 6. The first kappa shape index (κ1) is 105. The number of rotatable bonds is 46. The molecule has 0 saturated carbocycles. The third-order valence-electron chi connectivity index (χ3n) is 22.5. The normalized spacial score (nSPS) is 11.6. The molecule has 115 heavy (non-hydrogen) atoms. The minimum absolute atomic E-state index is 0.117. The summed E-state index contributed by atoms with van der Waals surface area (Å²) in [7, 11) is 0. The first-order valence-corrected chi connectivity index (χ1v) is 44.0. The minimum Gasteiger partial charge on any atom is -0.361 e. The van der Waals surface area contributed by atoms with Gasteiger partial charge in [-0.05, 0) is 130 Å². The van der Waals surface area contributed by atoms with Gasteiger partial charge in [-0.15, -0.1) is 0 Å². The molecule has 0 aliphatic heterocycles. The van der Waals surface area contributed by atoms with Crippen LogP contribution in [0.3, 0.4) is 0 Å². The third-order valence-corrected chi connectivity index (χ3v) is 22.5. The molecule has 0 unspecified atom stereocenters. The molecule has 0 bridgehead atoms. The standard InChI is InChI=1S/2C16H28N2O2.3C15H26N2O2.C14H24N2O2/c1-6-9-16(5,10-7-2)11-17-15(19)14-12(4)13(8-3)20-18-14;1-6-10-16(8-3,9-4)11-17-15(19)14-12(5)13(7-2)20-18-14;1-6-8-9-15(4,5)10-16-14(18)13-11(3)12(7-2)19-17-13;1-5-8-15(4,9-6-2)11-16-14(18)13-10-12(7-3)19-17-13;1-5-9-15(7-3,8-4)11-16-14(18)13-10-12(6-2)19-17-13;1-5-7-8-14(3,4)10-15-13(17)12-9-11(6-2)18-16-12/h2*6-11H2,1-5H3,(H,17,19);6-10H2,1-5H3,(H,16,18);2*10H,5-9,11H2,1-4H3,(H,16,18);9H,5-8,10H2,1-4H3,(H,15,17). The summed E-state index contributed by atoms with van der Waals surface area (Å²) in [6, 6.07) is 5.13. The number of aryl methyl sites for hydroxylation is 6. The molecule has 0 aliphatic carbocycles. The summed E-state index contributed by atoms with van der Waals surface area (Å²) in [6.07, 6.45) is 29.4. The molecule has 24 heteroatoms. The van der Waals surface area contributed by atoms with Crippen LogP contribution in [0.2, 0.25) is 0 Å². The lowest BCUT2D eigenvalue weighted by atomic mass is 9.78. The fourth-order valence-corrected chi connectivity index (χ4v) is 14.2. The predicted octanol–water partition coefficient (Wildman–Crippen LogP) is 21.6. The highest BCUT2D eigenvalue weighted by Gasteiger charge is 2.31. The first-order chi connectivity index (χ1) is 54.5. The first-order valence-electron chi connectivity index (χ1n) is 44.0. The van der Waals surface area contributed by atoms with Crippen LogP contribution >= 0.6 is 0 Å². The van der Waals surface area contributed by atoms with Gasteiger partial charge in [0, 0.05) is 113 Å². The molecule has 0 fully saturated rings. The molecule has 0 atom stereocenters. The highest BCUT2D eigenvalue weighted by molar-refractivity contribution is 5.95. The van der Waals surface area contributed by atoms with Crippen LogP contribution in [-0.2, 0) is 38.5 Å². The Kier molecular flexibility index (Phi) is 50.2. The van der Waals surface area contributed by atoms with Gasteiger partial charge in [0.05, 0.1) is 0 Å². The van der Waals surface area contributed by atoms with Crippen LogP contribution < -0.4 is 31.9 Å². The van der Waals surface area contributed by atoms with Crippen LogP contribution in [0.5, 0.6) is 0 Å². The molecule has 6 rings (SSSR count). The Labute approximate surface area is 692 Å². The van der Waals surface area contributed by atoms with Gasteiger partial charge in [-0.3, -0.25) is 28.8 Å². The summed E-state index contributed by atoms with van der Waals surface area (Å²) in [5, 5.41) is 41.0. The molecule has 0 aromatic carbocycles. The van der Waals surface area contributed by atoms with E-state index < -0.39 is 0 Å². The molecule has 0 saturated heterocycles. The van der Waals surface area contributed by atoms with E-state index in [2.05, 4.69) is 187 Å². The number of carbonyl (C=O) groups excluding carboxylic acids is 6. The van der Waals surface area contributed by atoms with E-state index in [-0.39, 0.29) is 67.9 Å². The quantitative estimate of drug-likeness (QED) is 0.0207. The zero-order valence-electron chi connectivity index (χ0n) is 76.9. The van der Waals surface area contributed by atoms with Crippen molar-refractivity contribution in [2.45, 2.75) is 367 Å². The third kappa shape index (κ3) is 37.1. The number of aromatic nitrogens is 6. The Morgan fingerprint density at radius 3 is 0.757 bits per heavy atom. The molecule has 0 radical (unpaired) electrons. The maximum atomic E-state index is 12.2. The number of nitrogens with zero attached hydrogens (tertiary/aromatic N) is 6. The number of unbranched alkanes of at least 4 members (excludes halogenated alkanes) is 2. The highest BCUT2D eigenvalue weighted by atomic mass is 16.5. The van der Waals surface area contributed by atoms with E-state index in [1.54, 1.807) is 18.2 Å². The predicted molar refractivity (Wildman–Crippen MR) is 462 cm³/mol. The second-order valence-corrected chi connectivity index (χ2v) is 33.6. The van der Waals surface area contributed by atoms with Gasteiger partial charge in [-0.1, -0.05) is 261 Å². The van der Waals surface area contributed by atoms with Crippen molar-refractivity contribution in [1.29, 1.82) is 0 Å². The van der Waals surface area contributed by atoms with Gasteiger partial charge in [0.2, 0.25) is 0 Å². The lowest BCUT2D eigenvalue weighted by Gasteiger charge is -2.31. The summed E-state index contributed by atoms with van der Waals surface area (Å²) in [5.74, 6) is 3.81. The van der Waals surface area contributed by atoms with Crippen molar-refractivity contribution in [1.82, 2.24) is 62.8 Å². The molecule has 0 aliphatic rings.